The highest BCUT2D eigenvalue weighted by Gasteiger charge is 2.42. The zero-order valence-corrected chi connectivity index (χ0v) is 27.9. The van der Waals surface area contributed by atoms with Crippen LogP contribution in [0.3, 0.4) is 0 Å². The van der Waals surface area contributed by atoms with Crippen molar-refractivity contribution >= 4 is 47.3 Å². The van der Waals surface area contributed by atoms with Crippen molar-refractivity contribution in [2.45, 2.75) is 12.1 Å². The van der Waals surface area contributed by atoms with Crippen LogP contribution in [0.15, 0.2) is 110 Å². The number of fused-ring (bicyclic) bond motifs is 4. The Bertz CT molecular complexity index is 2140. The minimum absolute atomic E-state index is 0.262. The van der Waals surface area contributed by atoms with Crippen LogP contribution < -0.4 is 0 Å². The highest BCUT2D eigenvalue weighted by Crippen LogP contribution is 2.36. The van der Waals surface area contributed by atoms with E-state index in [1.54, 1.807) is 84.9 Å². The van der Waals surface area contributed by atoms with Gasteiger partial charge >= 0.3 is 0 Å². The number of hydrogen-bond donors (Lipinski definition) is 0. The van der Waals surface area contributed by atoms with Crippen LogP contribution in [0.1, 0.15) is 106 Å². The first kappa shape index (κ1) is 33.4. The lowest BCUT2D eigenvalue weighted by atomic mass is 9.99. The summed E-state index contributed by atoms with van der Waals surface area (Å²) < 4.78 is 0. The molecule has 4 aliphatic heterocycles. The van der Waals surface area contributed by atoms with Crippen LogP contribution >= 0.6 is 0 Å². The van der Waals surface area contributed by atoms with Crippen LogP contribution in [0.25, 0.3) is 0 Å². The predicted molar refractivity (Wildman–Crippen MR) is 185 cm³/mol. The van der Waals surface area contributed by atoms with E-state index in [9.17, 15) is 38.4 Å². The molecule has 12 nitrogen and oxygen atoms in total. The normalized spacial score (nSPS) is 16.8. The first-order valence-electron chi connectivity index (χ1n) is 16.0. The molecule has 8 rings (SSSR count). The van der Waals surface area contributed by atoms with E-state index >= 15 is 0 Å². The second-order valence-corrected chi connectivity index (χ2v) is 12.4. The van der Waals surface area contributed by atoms with Crippen molar-refractivity contribution < 1.29 is 38.4 Å². The number of hydrogen-bond acceptors (Lipinski definition) is 8. The Balaban J connectivity index is 0.000000162. The fourth-order valence-corrected chi connectivity index (χ4v) is 6.83. The smallest absolute Gasteiger partial charge is 0.262 e. The number of benzene rings is 4. The average Bonchev–Trinajstić information content (AvgIpc) is 3.74. The lowest BCUT2D eigenvalue weighted by Gasteiger charge is -2.24. The Labute approximate surface area is 296 Å². The molecule has 0 aromatic heterocycles. The van der Waals surface area contributed by atoms with Gasteiger partial charge < -0.3 is 0 Å². The van der Waals surface area contributed by atoms with Gasteiger partial charge in [0.1, 0.15) is 0 Å². The van der Waals surface area contributed by atoms with Crippen molar-refractivity contribution in [2.75, 3.05) is 14.1 Å². The summed E-state index contributed by atoms with van der Waals surface area (Å²) in [6.45, 7) is 7.50. The van der Waals surface area contributed by atoms with E-state index in [1.807, 2.05) is 0 Å². The number of carbonyl (C=O) groups is 8. The summed E-state index contributed by atoms with van der Waals surface area (Å²) in [6, 6.07) is 21.2. The van der Waals surface area contributed by atoms with E-state index in [1.165, 1.54) is 26.2 Å². The van der Waals surface area contributed by atoms with E-state index < -0.39 is 47.5 Å². The fourth-order valence-electron chi connectivity index (χ4n) is 6.83. The molecule has 0 aliphatic carbocycles. The van der Waals surface area contributed by atoms with E-state index in [2.05, 4.69) is 13.2 Å². The number of imide groups is 4. The largest absolute Gasteiger partial charge is 0.277 e. The standard InChI is InChI=1S/2C20H14N2O4/c2*1-3-16(22-19(25)12-6-4-5-7-13(12)20(22)26)11-8-9-14-15(10-11)18(24)21(2)17(14)23/h2*3-10,16H,1H2,2H3/t2*16-/m00/s1. The van der Waals surface area contributed by atoms with Gasteiger partial charge in [0.05, 0.1) is 56.6 Å². The summed E-state index contributed by atoms with van der Waals surface area (Å²) in [5.41, 5.74) is 3.62. The maximum Gasteiger partial charge on any atom is 0.262 e. The maximum absolute atomic E-state index is 12.7. The minimum atomic E-state index is -0.735. The molecule has 0 N–H and O–H groups in total. The molecular formula is C40H28N4O8. The van der Waals surface area contributed by atoms with Crippen LogP contribution in [0.4, 0.5) is 0 Å². The van der Waals surface area contributed by atoms with Crippen molar-refractivity contribution in [1.29, 1.82) is 0 Å². The van der Waals surface area contributed by atoms with Crippen LogP contribution in [-0.2, 0) is 0 Å². The summed E-state index contributed by atoms with van der Waals surface area (Å²) >= 11 is 0. The molecule has 4 aliphatic rings. The SMILES string of the molecule is C=C[C@@H](c1ccc2c(c1)C(=O)N(C)C2=O)N1C(=O)c2ccccc2C1=O.C=C[C@@H](c1ccc2c(c1)C(=O)N(C)C2=O)N1C(=O)c2ccccc2C1=O. The Morgan fingerprint density at radius 1 is 0.404 bits per heavy atom. The van der Waals surface area contributed by atoms with Crippen LogP contribution in [0.5, 0.6) is 0 Å². The third-order valence-electron chi connectivity index (χ3n) is 9.56. The second-order valence-electron chi connectivity index (χ2n) is 12.4. The molecule has 2 atom stereocenters. The molecule has 52 heavy (non-hydrogen) atoms. The molecular weight excluding hydrogens is 664 g/mol. The van der Waals surface area contributed by atoms with E-state index in [4.69, 9.17) is 0 Å². The number of carbonyl (C=O) groups excluding carboxylic acids is 8. The predicted octanol–water partition coefficient (Wildman–Crippen LogP) is 4.87. The van der Waals surface area contributed by atoms with Crippen LogP contribution in [-0.4, -0.2) is 81.0 Å². The van der Waals surface area contributed by atoms with Gasteiger partial charge in [-0.25, -0.2) is 0 Å². The quantitative estimate of drug-likeness (QED) is 0.205. The summed E-state index contributed by atoms with van der Waals surface area (Å²) in [5, 5.41) is 0. The van der Waals surface area contributed by atoms with Gasteiger partial charge in [0.2, 0.25) is 0 Å². The highest BCUT2D eigenvalue weighted by molar-refractivity contribution is 6.24. The summed E-state index contributed by atoms with van der Waals surface area (Å²) in [7, 11) is 2.83. The molecule has 4 heterocycles. The molecule has 0 fully saturated rings. The van der Waals surface area contributed by atoms with Crippen LogP contribution in [0, 0.1) is 0 Å². The van der Waals surface area contributed by atoms with Gasteiger partial charge in [-0.15, -0.1) is 13.2 Å². The van der Waals surface area contributed by atoms with Gasteiger partial charge in [-0.1, -0.05) is 48.6 Å². The lowest BCUT2D eigenvalue weighted by molar-refractivity contribution is 0.0598. The average molecular weight is 693 g/mol. The van der Waals surface area contributed by atoms with E-state index in [0.29, 0.717) is 44.5 Å². The molecule has 256 valence electrons. The number of nitrogens with zero attached hydrogens (tertiary/aromatic N) is 4. The Morgan fingerprint density at radius 3 is 0.962 bits per heavy atom. The molecule has 8 amide bonds. The molecule has 0 saturated carbocycles. The molecule has 0 bridgehead atoms. The Kier molecular flexibility index (Phi) is 7.94. The van der Waals surface area contributed by atoms with Gasteiger partial charge in [0.25, 0.3) is 47.3 Å². The van der Waals surface area contributed by atoms with Crippen molar-refractivity contribution in [3.8, 4) is 0 Å². The molecule has 12 heteroatoms. The van der Waals surface area contributed by atoms with Gasteiger partial charge in [-0.05, 0) is 59.7 Å². The monoisotopic (exact) mass is 692 g/mol. The van der Waals surface area contributed by atoms with Crippen molar-refractivity contribution in [2.24, 2.45) is 0 Å². The molecule has 0 spiro atoms. The molecule has 4 aromatic carbocycles. The summed E-state index contributed by atoms with van der Waals surface area (Å²) in [6.07, 6.45) is 2.96. The van der Waals surface area contributed by atoms with E-state index in [0.717, 1.165) is 19.6 Å². The molecule has 4 aromatic rings. The highest BCUT2D eigenvalue weighted by atomic mass is 16.2. The fraction of sp³-hybridized carbons (Fsp3) is 0.100. The van der Waals surface area contributed by atoms with Gasteiger partial charge in [0.15, 0.2) is 0 Å². The maximum atomic E-state index is 12.7. The van der Waals surface area contributed by atoms with Crippen molar-refractivity contribution in [3.63, 3.8) is 0 Å². The van der Waals surface area contributed by atoms with Crippen molar-refractivity contribution in [3.05, 3.63) is 166 Å². The third-order valence-corrected chi connectivity index (χ3v) is 9.56. The Morgan fingerprint density at radius 2 is 0.673 bits per heavy atom. The topological polar surface area (TPSA) is 150 Å². The van der Waals surface area contributed by atoms with Crippen molar-refractivity contribution in [1.82, 2.24) is 19.6 Å². The second kappa shape index (κ2) is 12.4. The van der Waals surface area contributed by atoms with Gasteiger partial charge in [0, 0.05) is 14.1 Å². The number of rotatable bonds is 6. The Hall–Kier alpha value is -7.08. The zero-order chi connectivity index (χ0) is 37.2. The van der Waals surface area contributed by atoms with Gasteiger partial charge in [-0.3, -0.25) is 58.0 Å². The summed E-state index contributed by atoms with van der Waals surface area (Å²) in [4.78, 5) is 104. The van der Waals surface area contributed by atoms with Crippen LogP contribution in [0.2, 0.25) is 0 Å². The lowest BCUT2D eigenvalue weighted by Crippen LogP contribution is -2.33. The molecule has 0 unspecified atom stereocenters. The first-order chi connectivity index (χ1) is 24.9. The first-order valence-corrected chi connectivity index (χ1v) is 16.0. The third kappa shape index (κ3) is 4.83. The van der Waals surface area contributed by atoms with Gasteiger partial charge in [-0.2, -0.15) is 0 Å². The molecule has 0 saturated heterocycles. The summed E-state index contributed by atoms with van der Waals surface area (Å²) in [5.74, 6) is -3.18. The molecule has 0 radical (unpaired) electrons. The minimum Gasteiger partial charge on any atom is -0.277 e. The number of amides is 8. The van der Waals surface area contributed by atoms with E-state index in [-0.39, 0.29) is 22.9 Å². The zero-order valence-electron chi connectivity index (χ0n) is 27.9.